The highest BCUT2D eigenvalue weighted by Crippen LogP contribution is 2.42. The first-order chi connectivity index (χ1) is 6.68. The Morgan fingerprint density at radius 3 is 2.71 bits per heavy atom. The molecule has 0 amide bonds. The van der Waals surface area contributed by atoms with Gasteiger partial charge in [-0.25, -0.2) is 8.78 Å². The van der Waals surface area contributed by atoms with Crippen LogP contribution in [0.3, 0.4) is 0 Å². The number of aliphatic hydroxyl groups is 1. The van der Waals surface area contributed by atoms with Crippen LogP contribution in [0, 0.1) is 11.6 Å². The van der Waals surface area contributed by atoms with Crippen LogP contribution in [0.25, 0.3) is 0 Å². The Bertz CT molecular complexity index is 348. The third kappa shape index (κ3) is 1.51. The molecule has 0 bridgehead atoms. The van der Waals surface area contributed by atoms with Crippen LogP contribution in [-0.2, 0) is 10.3 Å². The summed E-state index contributed by atoms with van der Waals surface area (Å²) in [6, 6.07) is 3.26. The lowest BCUT2D eigenvalue weighted by Crippen LogP contribution is -2.13. The van der Waals surface area contributed by atoms with Gasteiger partial charge in [-0.15, -0.1) is 0 Å². The molecule has 1 aromatic rings. The van der Waals surface area contributed by atoms with E-state index < -0.39 is 17.2 Å². The summed E-state index contributed by atoms with van der Waals surface area (Å²) in [5, 5.41) is 8.77. The van der Waals surface area contributed by atoms with Gasteiger partial charge in [-0.1, -0.05) is 0 Å². The van der Waals surface area contributed by atoms with Crippen molar-refractivity contribution in [1.82, 2.24) is 0 Å². The van der Waals surface area contributed by atoms with Crippen molar-refractivity contribution >= 4 is 0 Å². The zero-order valence-corrected chi connectivity index (χ0v) is 7.46. The second-order valence-electron chi connectivity index (χ2n) is 3.38. The summed E-state index contributed by atoms with van der Waals surface area (Å²) < 4.78 is 31.3. The molecular formula is C10H10F2O2. The highest BCUT2D eigenvalue weighted by molar-refractivity contribution is 5.29. The van der Waals surface area contributed by atoms with E-state index in [1.165, 1.54) is 0 Å². The van der Waals surface area contributed by atoms with Gasteiger partial charge in [-0.2, -0.15) is 0 Å². The summed E-state index contributed by atoms with van der Waals surface area (Å²) in [4.78, 5) is 0. The standard InChI is InChI=1S/C10H10F2O2/c11-7-1-2-9(12)8(5-7)10(3-4-13)6-14-10/h1-2,5,13H,3-4,6H2/t10-/m1/s1. The van der Waals surface area contributed by atoms with Gasteiger partial charge in [0.2, 0.25) is 0 Å². The topological polar surface area (TPSA) is 32.8 Å². The van der Waals surface area contributed by atoms with Gasteiger partial charge in [-0.3, -0.25) is 0 Å². The molecule has 2 nitrogen and oxygen atoms in total. The maximum absolute atomic E-state index is 13.3. The second kappa shape index (κ2) is 3.29. The fourth-order valence-corrected chi connectivity index (χ4v) is 1.55. The summed E-state index contributed by atoms with van der Waals surface area (Å²) >= 11 is 0. The zero-order chi connectivity index (χ0) is 10.2. The van der Waals surface area contributed by atoms with Crippen LogP contribution in [0.5, 0.6) is 0 Å². The summed E-state index contributed by atoms with van der Waals surface area (Å²) in [6.07, 6.45) is 0.299. The fourth-order valence-electron chi connectivity index (χ4n) is 1.55. The molecule has 0 radical (unpaired) electrons. The van der Waals surface area contributed by atoms with Crippen LogP contribution in [0.4, 0.5) is 8.78 Å². The molecule has 76 valence electrons. The molecular weight excluding hydrogens is 190 g/mol. The minimum atomic E-state index is -0.791. The first-order valence-corrected chi connectivity index (χ1v) is 4.38. The van der Waals surface area contributed by atoms with Crippen LogP contribution >= 0.6 is 0 Å². The van der Waals surface area contributed by atoms with Gasteiger partial charge in [0, 0.05) is 18.6 Å². The molecule has 1 atom stereocenters. The van der Waals surface area contributed by atoms with Crippen molar-refractivity contribution in [2.75, 3.05) is 13.2 Å². The Morgan fingerprint density at radius 1 is 1.43 bits per heavy atom. The number of benzene rings is 1. The molecule has 0 aromatic heterocycles. The Labute approximate surface area is 80.1 Å². The van der Waals surface area contributed by atoms with Gasteiger partial charge < -0.3 is 9.84 Å². The largest absolute Gasteiger partial charge is 0.396 e. The quantitative estimate of drug-likeness (QED) is 0.751. The van der Waals surface area contributed by atoms with E-state index in [0.29, 0.717) is 13.0 Å². The molecule has 1 heterocycles. The Morgan fingerprint density at radius 2 is 2.14 bits per heavy atom. The number of epoxide rings is 1. The first kappa shape index (κ1) is 9.55. The van der Waals surface area contributed by atoms with E-state index in [4.69, 9.17) is 9.84 Å². The van der Waals surface area contributed by atoms with Crippen molar-refractivity contribution in [2.45, 2.75) is 12.0 Å². The molecule has 0 spiro atoms. The van der Waals surface area contributed by atoms with Crippen molar-refractivity contribution in [3.63, 3.8) is 0 Å². The molecule has 1 saturated heterocycles. The molecule has 4 heteroatoms. The number of rotatable bonds is 3. The predicted molar refractivity (Wildman–Crippen MR) is 45.7 cm³/mol. The Balaban J connectivity index is 2.35. The fraction of sp³-hybridized carbons (Fsp3) is 0.400. The Kier molecular flexibility index (Phi) is 2.25. The molecule has 0 aliphatic carbocycles. The molecule has 1 fully saturated rings. The second-order valence-corrected chi connectivity index (χ2v) is 3.38. The smallest absolute Gasteiger partial charge is 0.129 e. The summed E-state index contributed by atoms with van der Waals surface area (Å²) in [5.41, 5.74) is -0.590. The molecule has 0 saturated carbocycles. The monoisotopic (exact) mass is 200 g/mol. The van der Waals surface area contributed by atoms with Crippen LogP contribution in [0.15, 0.2) is 18.2 Å². The minimum absolute atomic E-state index is 0.101. The number of halogens is 2. The highest BCUT2D eigenvalue weighted by Gasteiger charge is 2.47. The predicted octanol–water partition coefficient (Wildman–Crippen LogP) is 1.57. The maximum atomic E-state index is 13.3. The normalized spacial score (nSPS) is 25.1. The molecule has 14 heavy (non-hydrogen) atoms. The van der Waals surface area contributed by atoms with E-state index in [9.17, 15) is 8.78 Å². The van der Waals surface area contributed by atoms with E-state index in [0.717, 1.165) is 18.2 Å². The molecule has 1 N–H and O–H groups in total. The molecule has 1 aliphatic rings. The lowest BCUT2D eigenvalue weighted by molar-refractivity contribution is 0.211. The number of ether oxygens (including phenoxy) is 1. The van der Waals surface area contributed by atoms with Gasteiger partial charge in [0.05, 0.1) is 6.61 Å². The van der Waals surface area contributed by atoms with Crippen molar-refractivity contribution in [1.29, 1.82) is 0 Å². The van der Waals surface area contributed by atoms with Crippen molar-refractivity contribution in [3.05, 3.63) is 35.4 Å². The SMILES string of the molecule is OCC[C@]1(c2cc(F)ccc2F)CO1. The van der Waals surface area contributed by atoms with Gasteiger partial charge in [0.1, 0.15) is 17.2 Å². The van der Waals surface area contributed by atoms with Crippen molar-refractivity contribution in [2.24, 2.45) is 0 Å². The maximum Gasteiger partial charge on any atom is 0.129 e. The third-order valence-corrected chi connectivity index (χ3v) is 2.43. The van der Waals surface area contributed by atoms with Crippen LogP contribution in [0.1, 0.15) is 12.0 Å². The average molecular weight is 200 g/mol. The summed E-state index contributed by atoms with van der Waals surface area (Å²) in [5.74, 6) is -0.980. The number of aliphatic hydroxyl groups excluding tert-OH is 1. The zero-order valence-electron chi connectivity index (χ0n) is 7.46. The molecule has 2 rings (SSSR count). The third-order valence-electron chi connectivity index (χ3n) is 2.43. The van der Waals surface area contributed by atoms with E-state index in [-0.39, 0.29) is 12.2 Å². The van der Waals surface area contributed by atoms with Crippen molar-refractivity contribution in [3.8, 4) is 0 Å². The molecule has 1 aromatic carbocycles. The highest BCUT2D eigenvalue weighted by atomic mass is 19.1. The van der Waals surface area contributed by atoms with Crippen LogP contribution in [0.2, 0.25) is 0 Å². The molecule has 1 aliphatic heterocycles. The molecule has 0 unspecified atom stereocenters. The van der Waals surface area contributed by atoms with E-state index in [1.807, 2.05) is 0 Å². The van der Waals surface area contributed by atoms with Crippen LogP contribution < -0.4 is 0 Å². The van der Waals surface area contributed by atoms with Gasteiger partial charge >= 0.3 is 0 Å². The van der Waals surface area contributed by atoms with Crippen molar-refractivity contribution < 1.29 is 18.6 Å². The number of hydrogen-bond donors (Lipinski definition) is 1. The number of hydrogen-bond acceptors (Lipinski definition) is 2. The van der Waals surface area contributed by atoms with E-state index in [1.54, 1.807) is 0 Å². The van der Waals surface area contributed by atoms with Crippen LogP contribution in [-0.4, -0.2) is 18.3 Å². The lowest BCUT2D eigenvalue weighted by atomic mass is 9.96. The summed E-state index contributed by atoms with van der Waals surface area (Å²) in [7, 11) is 0. The average Bonchev–Trinajstić information content (AvgIpc) is 2.91. The lowest BCUT2D eigenvalue weighted by Gasteiger charge is -2.11. The summed E-state index contributed by atoms with van der Waals surface area (Å²) in [6.45, 7) is 0.240. The van der Waals surface area contributed by atoms with Gasteiger partial charge in [0.15, 0.2) is 0 Å². The minimum Gasteiger partial charge on any atom is -0.396 e. The van der Waals surface area contributed by atoms with E-state index >= 15 is 0 Å². The first-order valence-electron chi connectivity index (χ1n) is 4.38. The Hall–Kier alpha value is -1.00. The van der Waals surface area contributed by atoms with Gasteiger partial charge in [0.25, 0.3) is 0 Å². The van der Waals surface area contributed by atoms with E-state index in [2.05, 4.69) is 0 Å². The van der Waals surface area contributed by atoms with Gasteiger partial charge in [-0.05, 0) is 18.2 Å².